The standard InChI is InChI=1S/C28H36BrN3O6/c1-5-12-30(13-6-2)25(34)21-22-26(35)32(15-16-33)24(28(22)17-20(29)23(21)38-28)27(36)31(14-7-3)18-8-10-19(37-4)11-9-18/h5,7-11,20-24,33H,1,3,6,12-17H2,2,4H3/t20?,21-,22+,23-,24?,28?/m1/s1. The molecule has 1 spiro atoms. The lowest BCUT2D eigenvalue weighted by atomic mass is 9.70. The normalized spacial score (nSPS) is 29.2. The van der Waals surface area contributed by atoms with Crippen molar-refractivity contribution in [2.45, 2.75) is 42.3 Å². The second-order valence-corrected chi connectivity index (χ2v) is 11.1. The number of aliphatic hydroxyl groups excluding tert-OH is 1. The van der Waals surface area contributed by atoms with Gasteiger partial charge in [-0.05, 0) is 37.1 Å². The van der Waals surface area contributed by atoms with Gasteiger partial charge in [0.2, 0.25) is 11.8 Å². The number of fused-ring (bicyclic) bond motifs is 1. The fraction of sp³-hybridized carbons (Fsp3) is 0.536. The summed E-state index contributed by atoms with van der Waals surface area (Å²) in [5, 5.41) is 9.86. The number of carbonyl (C=O) groups excluding carboxylic acids is 3. The Bertz CT molecular complexity index is 1080. The van der Waals surface area contributed by atoms with Crippen LogP contribution in [0.25, 0.3) is 0 Å². The topological polar surface area (TPSA) is 99.6 Å². The second-order valence-electron chi connectivity index (χ2n) is 9.93. The molecule has 0 aromatic heterocycles. The van der Waals surface area contributed by atoms with Crippen LogP contribution >= 0.6 is 15.9 Å². The Hall–Kier alpha value is -2.69. The summed E-state index contributed by atoms with van der Waals surface area (Å²) in [6.07, 6.45) is 3.91. The summed E-state index contributed by atoms with van der Waals surface area (Å²) >= 11 is 3.70. The maximum absolute atomic E-state index is 14.3. The zero-order valence-electron chi connectivity index (χ0n) is 21.9. The maximum atomic E-state index is 14.3. The molecule has 1 aromatic rings. The van der Waals surface area contributed by atoms with Crippen LogP contribution in [0.2, 0.25) is 0 Å². The molecule has 0 radical (unpaired) electrons. The highest BCUT2D eigenvalue weighted by molar-refractivity contribution is 9.09. The molecule has 10 heteroatoms. The Morgan fingerprint density at radius 1 is 1.24 bits per heavy atom. The van der Waals surface area contributed by atoms with Crippen molar-refractivity contribution in [2.75, 3.05) is 44.8 Å². The number of hydrogen-bond donors (Lipinski definition) is 1. The zero-order chi connectivity index (χ0) is 27.6. The highest BCUT2D eigenvalue weighted by Gasteiger charge is 2.76. The van der Waals surface area contributed by atoms with E-state index in [0.717, 1.165) is 6.42 Å². The molecule has 38 heavy (non-hydrogen) atoms. The highest BCUT2D eigenvalue weighted by atomic mass is 79.9. The van der Waals surface area contributed by atoms with Gasteiger partial charge in [-0.1, -0.05) is 35.0 Å². The fourth-order valence-corrected chi connectivity index (χ4v) is 7.27. The molecular weight excluding hydrogens is 554 g/mol. The van der Waals surface area contributed by atoms with Crippen LogP contribution < -0.4 is 9.64 Å². The minimum Gasteiger partial charge on any atom is -0.497 e. The van der Waals surface area contributed by atoms with Crippen LogP contribution in [0.5, 0.6) is 5.75 Å². The van der Waals surface area contributed by atoms with Crippen molar-refractivity contribution in [2.24, 2.45) is 11.8 Å². The van der Waals surface area contributed by atoms with Gasteiger partial charge in [0, 0.05) is 36.7 Å². The summed E-state index contributed by atoms with van der Waals surface area (Å²) in [6, 6.07) is 6.05. The van der Waals surface area contributed by atoms with Gasteiger partial charge in [0.15, 0.2) is 0 Å². The minimum absolute atomic E-state index is 0.0365. The number of ether oxygens (including phenoxy) is 2. The lowest BCUT2D eigenvalue weighted by Gasteiger charge is -2.37. The van der Waals surface area contributed by atoms with Crippen molar-refractivity contribution in [1.82, 2.24) is 9.80 Å². The van der Waals surface area contributed by atoms with Crippen molar-refractivity contribution in [3.63, 3.8) is 0 Å². The second kappa shape index (κ2) is 11.6. The van der Waals surface area contributed by atoms with Crippen molar-refractivity contribution in [3.8, 4) is 5.75 Å². The molecule has 3 aliphatic rings. The Morgan fingerprint density at radius 2 is 1.92 bits per heavy atom. The van der Waals surface area contributed by atoms with Gasteiger partial charge in [-0.2, -0.15) is 0 Å². The van der Waals surface area contributed by atoms with Crippen LogP contribution in [0, 0.1) is 11.8 Å². The lowest BCUT2D eigenvalue weighted by molar-refractivity contribution is -0.145. The summed E-state index contributed by atoms with van der Waals surface area (Å²) in [5.74, 6) is -1.75. The Kier molecular flexibility index (Phi) is 8.64. The van der Waals surface area contributed by atoms with Crippen molar-refractivity contribution < 1.29 is 29.0 Å². The zero-order valence-corrected chi connectivity index (χ0v) is 23.5. The lowest BCUT2D eigenvalue weighted by Crippen LogP contribution is -2.57. The molecule has 1 aromatic carbocycles. The van der Waals surface area contributed by atoms with E-state index >= 15 is 0 Å². The third-order valence-electron chi connectivity index (χ3n) is 7.77. The van der Waals surface area contributed by atoms with Crippen molar-refractivity contribution >= 4 is 39.3 Å². The largest absolute Gasteiger partial charge is 0.497 e. The number of β-amino-alcohol motifs (C(OH)–C–C–N with tert-alkyl or cyclic N) is 1. The molecular formula is C28H36BrN3O6. The van der Waals surface area contributed by atoms with E-state index in [1.807, 2.05) is 6.92 Å². The first-order valence-electron chi connectivity index (χ1n) is 13.0. The number of amides is 3. The first-order chi connectivity index (χ1) is 18.3. The Labute approximate surface area is 232 Å². The predicted molar refractivity (Wildman–Crippen MR) is 147 cm³/mol. The molecule has 3 fully saturated rings. The van der Waals surface area contributed by atoms with Gasteiger partial charge in [-0.3, -0.25) is 14.4 Å². The molecule has 3 unspecified atom stereocenters. The molecule has 3 saturated heterocycles. The van der Waals surface area contributed by atoms with E-state index < -0.39 is 29.6 Å². The third-order valence-corrected chi connectivity index (χ3v) is 8.61. The SMILES string of the molecule is C=CCN(CCC)C(=O)[C@H]1[C@@H]2OC3(CC2Br)C(C(=O)N(CC=C)c2ccc(OC)cc2)N(CCO)C(=O)[C@H]13. The molecule has 0 aliphatic carbocycles. The molecule has 206 valence electrons. The quantitative estimate of drug-likeness (QED) is 0.297. The molecule has 3 heterocycles. The van der Waals surface area contributed by atoms with Crippen LogP contribution in [-0.4, -0.2) is 95.1 Å². The number of aliphatic hydroxyl groups is 1. The van der Waals surface area contributed by atoms with E-state index in [9.17, 15) is 19.5 Å². The van der Waals surface area contributed by atoms with Crippen LogP contribution in [0.15, 0.2) is 49.6 Å². The van der Waals surface area contributed by atoms with Crippen molar-refractivity contribution in [1.29, 1.82) is 0 Å². The maximum Gasteiger partial charge on any atom is 0.253 e. The number of anilines is 1. The predicted octanol–water partition coefficient (Wildman–Crippen LogP) is 2.38. The molecule has 6 atom stereocenters. The third kappa shape index (κ3) is 4.56. The highest BCUT2D eigenvalue weighted by Crippen LogP contribution is 2.60. The first-order valence-corrected chi connectivity index (χ1v) is 13.9. The smallest absolute Gasteiger partial charge is 0.253 e. The van der Waals surface area contributed by atoms with E-state index in [-0.39, 0.29) is 42.2 Å². The average Bonchev–Trinajstić information content (AvgIpc) is 3.50. The Morgan fingerprint density at radius 3 is 2.50 bits per heavy atom. The average molecular weight is 591 g/mol. The van der Waals surface area contributed by atoms with Gasteiger partial charge in [-0.15, -0.1) is 13.2 Å². The van der Waals surface area contributed by atoms with Crippen LogP contribution in [-0.2, 0) is 19.1 Å². The number of alkyl halides is 1. The number of benzene rings is 1. The van der Waals surface area contributed by atoms with Gasteiger partial charge in [0.1, 0.15) is 17.4 Å². The molecule has 2 bridgehead atoms. The summed E-state index contributed by atoms with van der Waals surface area (Å²) in [6.45, 7) is 10.3. The van der Waals surface area contributed by atoms with E-state index in [2.05, 4.69) is 29.1 Å². The number of nitrogens with zero attached hydrogens (tertiary/aromatic N) is 3. The summed E-state index contributed by atoms with van der Waals surface area (Å²) in [7, 11) is 1.57. The van der Waals surface area contributed by atoms with E-state index in [0.29, 0.717) is 30.9 Å². The number of carbonyl (C=O) groups is 3. The molecule has 9 nitrogen and oxygen atoms in total. The summed E-state index contributed by atoms with van der Waals surface area (Å²) in [5.41, 5.74) is -0.580. The van der Waals surface area contributed by atoms with E-state index in [1.54, 1.807) is 53.3 Å². The molecule has 3 aliphatic heterocycles. The van der Waals surface area contributed by atoms with Gasteiger partial charge in [-0.25, -0.2) is 0 Å². The number of halogens is 1. The molecule has 4 rings (SSSR count). The number of rotatable bonds is 12. The van der Waals surface area contributed by atoms with Gasteiger partial charge < -0.3 is 29.3 Å². The fourth-order valence-electron chi connectivity index (χ4n) is 6.33. The molecule has 1 N–H and O–H groups in total. The van der Waals surface area contributed by atoms with Gasteiger partial charge in [0.05, 0.1) is 31.7 Å². The van der Waals surface area contributed by atoms with Gasteiger partial charge in [0.25, 0.3) is 5.91 Å². The van der Waals surface area contributed by atoms with Crippen molar-refractivity contribution in [3.05, 3.63) is 49.6 Å². The van der Waals surface area contributed by atoms with Crippen LogP contribution in [0.3, 0.4) is 0 Å². The number of hydrogen-bond acceptors (Lipinski definition) is 6. The molecule has 3 amide bonds. The number of likely N-dealkylation sites (tertiary alicyclic amines) is 1. The minimum atomic E-state index is -1.19. The van der Waals surface area contributed by atoms with E-state index in [1.165, 1.54) is 4.90 Å². The number of methoxy groups -OCH3 is 1. The van der Waals surface area contributed by atoms with Gasteiger partial charge >= 0.3 is 0 Å². The monoisotopic (exact) mass is 589 g/mol. The van der Waals surface area contributed by atoms with Crippen LogP contribution in [0.4, 0.5) is 5.69 Å². The summed E-state index contributed by atoms with van der Waals surface area (Å²) in [4.78, 5) is 46.6. The Balaban J connectivity index is 1.76. The molecule has 0 saturated carbocycles. The van der Waals surface area contributed by atoms with Crippen LogP contribution in [0.1, 0.15) is 19.8 Å². The van der Waals surface area contributed by atoms with E-state index in [4.69, 9.17) is 9.47 Å². The summed E-state index contributed by atoms with van der Waals surface area (Å²) < 4.78 is 11.8. The first kappa shape index (κ1) is 28.3.